The topological polar surface area (TPSA) is 65.0 Å². The van der Waals surface area contributed by atoms with Crippen LogP contribution in [0.25, 0.3) is 120 Å². The molecule has 0 N–H and O–H groups in total. The molecule has 0 aliphatic rings. The standard InChI is InChI=1S/C51H29N3O2S/c1-3-14-30(15-4-1)49-52-50(31-16-5-2-6-17-31)54-51(53-49)38-23-11-22-37-45-35(21-12-25-42(45)56-47(37)38)40-29-32(28-39-34-18-7-9-24-41(34)55-48(39)40)33-20-13-27-44-46(33)36-19-8-10-26-43(36)57-44/h1-29H. The molecule has 0 atom stereocenters. The van der Waals surface area contributed by atoms with Crippen molar-refractivity contribution in [3.8, 4) is 56.4 Å². The highest BCUT2D eigenvalue weighted by Crippen LogP contribution is 2.47. The van der Waals surface area contributed by atoms with Crippen LogP contribution in [0.2, 0.25) is 0 Å². The number of furan rings is 2. The van der Waals surface area contributed by atoms with E-state index in [4.69, 9.17) is 23.8 Å². The average Bonchev–Trinajstić information content (AvgIpc) is 3.98. The summed E-state index contributed by atoms with van der Waals surface area (Å²) < 4.78 is 16.2. The molecule has 0 spiro atoms. The zero-order valence-electron chi connectivity index (χ0n) is 30.3. The van der Waals surface area contributed by atoms with Crippen molar-refractivity contribution in [1.82, 2.24) is 15.0 Å². The highest BCUT2D eigenvalue weighted by atomic mass is 32.1. The Balaban J connectivity index is 1.12. The second kappa shape index (κ2) is 12.6. The fraction of sp³-hybridized carbons (Fsp3) is 0. The van der Waals surface area contributed by atoms with Crippen LogP contribution < -0.4 is 0 Å². The highest BCUT2D eigenvalue weighted by Gasteiger charge is 2.23. The van der Waals surface area contributed by atoms with Gasteiger partial charge in [-0.2, -0.15) is 0 Å². The zero-order chi connectivity index (χ0) is 37.5. The lowest BCUT2D eigenvalue weighted by Gasteiger charge is -2.11. The fourth-order valence-electron chi connectivity index (χ4n) is 8.38. The molecule has 0 radical (unpaired) electrons. The van der Waals surface area contributed by atoms with Gasteiger partial charge in [0.05, 0.1) is 5.56 Å². The summed E-state index contributed by atoms with van der Waals surface area (Å²) in [5.74, 6) is 1.75. The number of rotatable bonds is 5. The van der Waals surface area contributed by atoms with Crippen molar-refractivity contribution in [2.24, 2.45) is 0 Å². The molecule has 12 aromatic rings. The Kier molecular flexibility index (Phi) is 7.03. The summed E-state index contributed by atoms with van der Waals surface area (Å²) in [7, 11) is 0. The van der Waals surface area contributed by atoms with Crippen LogP contribution >= 0.6 is 11.3 Å². The molecule has 12 rings (SSSR count). The Morgan fingerprint density at radius 1 is 0.333 bits per heavy atom. The van der Waals surface area contributed by atoms with E-state index in [9.17, 15) is 0 Å². The minimum absolute atomic E-state index is 0.548. The van der Waals surface area contributed by atoms with Gasteiger partial charge < -0.3 is 8.83 Å². The second-order valence-corrected chi connectivity index (χ2v) is 15.4. The molecule has 6 heteroatoms. The average molecular weight is 748 g/mol. The Hall–Kier alpha value is -7.41. The van der Waals surface area contributed by atoms with Gasteiger partial charge in [-0.3, -0.25) is 0 Å². The maximum absolute atomic E-state index is 6.84. The van der Waals surface area contributed by atoms with Crippen LogP contribution in [0, 0.1) is 0 Å². The van der Waals surface area contributed by atoms with E-state index in [1.807, 2.05) is 96.3 Å². The van der Waals surface area contributed by atoms with E-state index in [0.717, 1.165) is 77.3 Å². The normalized spacial score (nSPS) is 11.9. The van der Waals surface area contributed by atoms with Gasteiger partial charge in [-0.05, 0) is 59.2 Å². The lowest BCUT2D eigenvalue weighted by Crippen LogP contribution is -2.00. The van der Waals surface area contributed by atoms with Crippen LogP contribution in [0.4, 0.5) is 0 Å². The molecular formula is C51H29N3O2S. The van der Waals surface area contributed by atoms with Gasteiger partial charge >= 0.3 is 0 Å². The monoisotopic (exact) mass is 747 g/mol. The predicted molar refractivity (Wildman–Crippen MR) is 234 cm³/mol. The molecule has 0 saturated heterocycles. The lowest BCUT2D eigenvalue weighted by molar-refractivity contribution is 0.669. The molecule has 0 aliphatic carbocycles. The fourth-order valence-corrected chi connectivity index (χ4v) is 9.51. The number of fused-ring (bicyclic) bond motifs is 9. The van der Waals surface area contributed by atoms with Crippen LogP contribution in [0.5, 0.6) is 0 Å². The zero-order valence-corrected chi connectivity index (χ0v) is 31.1. The van der Waals surface area contributed by atoms with E-state index in [0.29, 0.717) is 17.5 Å². The molecule has 0 unspecified atom stereocenters. The first-order valence-electron chi connectivity index (χ1n) is 18.9. The molecular weight excluding hydrogens is 719 g/mol. The van der Waals surface area contributed by atoms with Gasteiger partial charge in [0.25, 0.3) is 0 Å². The van der Waals surface area contributed by atoms with E-state index >= 15 is 0 Å². The van der Waals surface area contributed by atoms with Crippen molar-refractivity contribution in [2.75, 3.05) is 0 Å². The molecule has 8 aromatic carbocycles. The Bertz CT molecular complexity index is 3470. The first-order chi connectivity index (χ1) is 28.2. The third-order valence-electron chi connectivity index (χ3n) is 10.9. The third-order valence-corrected chi connectivity index (χ3v) is 12.1. The second-order valence-electron chi connectivity index (χ2n) is 14.3. The van der Waals surface area contributed by atoms with E-state index in [1.165, 1.54) is 25.7 Å². The van der Waals surface area contributed by atoms with Crippen LogP contribution in [0.1, 0.15) is 0 Å². The molecule has 5 nitrogen and oxygen atoms in total. The molecule has 57 heavy (non-hydrogen) atoms. The summed E-state index contributed by atoms with van der Waals surface area (Å²) in [6, 6.07) is 60.8. The van der Waals surface area contributed by atoms with Crippen molar-refractivity contribution < 1.29 is 8.83 Å². The minimum atomic E-state index is 0.548. The SMILES string of the molecule is c1ccc(-c2nc(-c3ccccc3)nc(-c3cccc4c3oc3cccc(-c5cc(-c6cccc7sc8ccccc8c67)cc6c5oc5ccccc56)c34)n2)cc1. The van der Waals surface area contributed by atoms with Crippen LogP contribution in [-0.2, 0) is 0 Å². The van der Waals surface area contributed by atoms with Gasteiger partial charge in [-0.1, -0.05) is 133 Å². The molecule has 4 heterocycles. The Morgan fingerprint density at radius 2 is 0.895 bits per heavy atom. The number of hydrogen-bond donors (Lipinski definition) is 0. The highest BCUT2D eigenvalue weighted by molar-refractivity contribution is 7.25. The summed E-state index contributed by atoms with van der Waals surface area (Å²) >= 11 is 1.84. The van der Waals surface area contributed by atoms with Crippen LogP contribution in [-0.4, -0.2) is 15.0 Å². The summed E-state index contributed by atoms with van der Waals surface area (Å²) in [6.45, 7) is 0. The van der Waals surface area contributed by atoms with Gasteiger partial charge in [-0.25, -0.2) is 15.0 Å². The molecule has 266 valence electrons. The predicted octanol–water partition coefficient (Wildman–Crippen LogP) is 14.4. The number of para-hydroxylation sites is 2. The van der Waals surface area contributed by atoms with Gasteiger partial charge in [0.2, 0.25) is 0 Å². The number of hydrogen-bond acceptors (Lipinski definition) is 6. The van der Waals surface area contributed by atoms with Crippen LogP contribution in [0.15, 0.2) is 185 Å². The number of thiophene rings is 1. The molecule has 0 aliphatic heterocycles. The van der Waals surface area contributed by atoms with Gasteiger partial charge in [0.1, 0.15) is 22.3 Å². The maximum atomic E-state index is 6.84. The minimum Gasteiger partial charge on any atom is -0.455 e. The van der Waals surface area contributed by atoms with E-state index in [2.05, 4.69) is 91.0 Å². The lowest BCUT2D eigenvalue weighted by atomic mass is 9.92. The molecule has 0 bridgehead atoms. The smallest absolute Gasteiger partial charge is 0.167 e. The maximum Gasteiger partial charge on any atom is 0.167 e. The van der Waals surface area contributed by atoms with Gasteiger partial charge in [0.15, 0.2) is 17.5 Å². The quantitative estimate of drug-likeness (QED) is 0.175. The molecule has 0 amide bonds. The number of aromatic nitrogens is 3. The van der Waals surface area contributed by atoms with E-state index < -0.39 is 0 Å². The third kappa shape index (κ3) is 5.04. The summed E-state index contributed by atoms with van der Waals surface area (Å²) in [6.07, 6.45) is 0. The first-order valence-corrected chi connectivity index (χ1v) is 19.7. The molecule has 4 aromatic heterocycles. The van der Waals surface area contributed by atoms with Gasteiger partial charge in [-0.15, -0.1) is 11.3 Å². The van der Waals surface area contributed by atoms with E-state index in [1.54, 1.807) is 0 Å². The number of benzene rings is 8. The van der Waals surface area contributed by atoms with Crippen molar-refractivity contribution in [1.29, 1.82) is 0 Å². The van der Waals surface area contributed by atoms with Crippen molar-refractivity contribution in [2.45, 2.75) is 0 Å². The Morgan fingerprint density at radius 3 is 1.70 bits per heavy atom. The van der Waals surface area contributed by atoms with Crippen molar-refractivity contribution in [3.05, 3.63) is 176 Å². The van der Waals surface area contributed by atoms with E-state index in [-0.39, 0.29) is 0 Å². The first kappa shape index (κ1) is 31.9. The number of nitrogens with zero attached hydrogens (tertiary/aromatic N) is 3. The molecule has 0 fully saturated rings. The van der Waals surface area contributed by atoms with Crippen molar-refractivity contribution >= 4 is 75.4 Å². The Labute approximate surface area is 330 Å². The van der Waals surface area contributed by atoms with Crippen LogP contribution in [0.3, 0.4) is 0 Å². The molecule has 0 saturated carbocycles. The summed E-state index contributed by atoms with van der Waals surface area (Å²) in [5, 5.41) is 6.69. The van der Waals surface area contributed by atoms with Gasteiger partial charge in [0, 0.05) is 58.4 Å². The summed E-state index contributed by atoms with van der Waals surface area (Å²) in [4.78, 5) is 15.0. The van der Waals surface area contributed by atoms with Crippen molar-refractivity contribution in [3.63, 3.8) is 0 Å². The largest absolute Gasteiger partial charge is 0.455 e. The summed E-state index contributed by atoms with van der Waals surface area (Å²) in [5.41, 5.74) is 10.2.